The Labute approximate surface area is 90.1 Å². The third-order valence-corrected chi connectivity index (χ3v) is 2.81. The van der Waals surface area contributed by atoms with E-state index in [-0.39, 0.29) is 0 Å². The predicted molar refractivity (Wildman–Crippen MR) is 57.7 cm³/mol. The van der Waals surface area contributed by atoms with Gasteiger partial charge < -0.3 is 4.57 Å². The summed E-state index contributed by atoms with van der Waals surface area (Å²) in [5, 5.41) is 8.62. The number of benzene rings is 1. The van der Waals surface area contributed by atoms with Crippen molar-refractivity contribution in [2.75, 3.05) is 0 Å². The van der Waals surface area contributed by atoms with Crippen LogP contribution in [0.4, 0.5) is 0 Å². The zero-order valence-corrected chi connectivity index (χ0v) is 9.24. The molecule has 0 saturated carbocycles. The molecule has 0 fully saturated rings. The molecular formula is C10H8BrN3. The molecule has 0 atom stereocenters. The lowest BCUT2D eigenvalue weighted by Gasteiger charge is -1.98. The van der Waals surface area contributed by atoms with Crippen molar-refractivity contribution in [1.29, 1.82) is 5.26 Å². The van der Waals surface area contributed by atoms with E-state index in [4.69, 9.17) is 5.26 Å². The van der Waals surface area contributed by atoms with E-state index in [1.807, 2.05) is 29.8 Å². The number of imidazole rings is 1. The normalized spacial score (nSPS) is 10.4. The molecule has 0 saturated heterocycles. The van der Waals surface area contributed by atoms with Crippen LogP contribution in [0.3, 0.4) is 0 Å². The van der Waals surface area contributed by atoms with Crippen molar-refractivity contribution in [1.82, 2.24) is 9.55 Å². The van der Waals surface area contributed by atoms with Crippen molar-refractivity contribution in [2.24, 2.45) is 7.05 Å². The average molecular weight is 250 g/mol. The van der Waals surface area contributed by atoms with Gasteiger partial charge in [0.15, 0.2) is 0 Å². The van der Waals surface area contributed by atoms with Crippen LogP contribution in [-0.4, -0.2) is 9.55 Å². The number of halogens is 1. The lowest BCUT2D eigenvalue weighted by molar-refractivity contribution is 0.856. The van der Waals surface area contributed by atoms with Crippen molar-refractivity contribution in [3.8, 4) is 6.07 Å². The maximum atomic E-state index is 8.62. The van der Waals surface area contributed by atoms with Gasteiger partial charge in [0.05, 0.1) is 23.5 Å². The monoisotopic (exact) mass is 249 g/mol. The standard InChI is InChI=1S/C10H8BrN3/c1-14-9(5-6-12)13-8-4-2-3-7(11)10(8)14/h2-4H,5H2,1H3. The Hall–Kier alpha value is -1.34. The van der Waals surface area contributed by atoms with Crippen molar-refractivity contribution < 1.29 is 0 Å². The van der Waals surface area contributed by atoms with Crippen molar-refractivity contribution in [2.45, 2.75) is 6.42 Å². The largest absolute Gasteiger partial charge is 0.329 e. The van der Waals surface area contributed by atoms with E-state index in [1.54, 1.807) is 0 Å². The highest BCUT2D eigenvalue weighted by molar-refractivity contribution is 9.10. The Morgan fingerprint density at radius 2 is 2.36 bits per heavy atom. The second-order valence-electron chi connectivity index (χ2n) is 3.03. The fourth-order valence-electron chi connectivity index (χ4n) is 1.50. The minimum Gasteiger partial charge on any atom is -0.329 e. The minimum atomic E-state index is 0.345. The van der Waals surface area contributed by atoms with Gasteiger partial charge in [0.2, 0.25) is 0 Å². The first-order chi connectivity index (χ1) is 6.74. The van der Waals surface area contributed by atoms with Crippen LogP contribution < -0.4 is 0 Å². The van der Waals surface area contributed by atoms with E-state index in [1.165, 1.54) is 0 Å². The summed E-state index contributed by atoms with van der Waals surface area (Å²) in [6.45, 7) is 0. The van der Waals surface area contributed by atoms with Gasteiger partial charge in [-0.2, -0.15) is 5.26 Å². The SMILES string of the molecule is Cn1c(CC#N)nc2cccc(Br)c21. The maximum Gasteiger partial charge on any atom is 0.123 e. The van der Waals surface area contributed by atoms with Crippen molar-refractivity contribution in [3.63, 3.8) is 0 Å². The molecule has 0 unspecified atom stereocenters. The highest BCUT2D eigenvalue weighted by Crippen LogP contribution is 2.23. The molecule has 0 aliphatic heterocycles. The smallest absolute Gasteiger partial charge is 0.123 e. The van der Waals surface area contributed by atoms with E-state index in [0.717, 1.165) is 21.3 Å². The number of fused-ring (bicyclic) bond motifs is 1. The highest BCUT2D eigenvalue weighted by atomic mass is 79.9. The number of aromatic nitrogens is 2. The summed E-state index contributed by atoms with van der Waals surface area (Å²) in [5.74, 6) is 0.800. The van der Waals surface area contributed by atoms with E-state index in [2.05, 4.69) is 27.0 Å². The van der Waals surface area contributed by atoms with E-state index < -0.39 is 0 Å². The highest BCUT2D eigenvalue weighted by Gasteiger charge is 2.08. The Morgan fingerprint density at radius 3 is 3.00 bits per heavy atom. The molecule has 70 valence electrons. The lowest BCUT2D eigenvalue weighted by Crippen LogP contribution is -1.96. The Kier molecular flexibility index (Phi) is 2.26. The lowest BCUT2D eigenvalue weighted by atomic mass is 10.3. The van der Waals surface area contributed by atoms with Gasteiger partial charge in [-0.3, -0.25) is 0 Å². The molecule has 0 aliphatic carbocycles. The van der Waals surface area contributed by atoms with E-state index in [9.17, 15) is 0 Å². The molecule has 2 aromatic rings. The summed E-state index contributed by atoms with van der Waals surface area (Å²) in [6.07, 6.45) is 0.345. The van der Waals surface area contributed by atoms with E-state index >= 15 is 0 Å². The van der Waals surface area contributed by atoms with Crippen LogP contribution in [-0.2, 0) is 13.5 Å². The molecule has 0 radical (unpaired) electrons. The Balaban J connectivity index is 2.75. The minimum absolute atomic E-state index is 0.345. The summed E-state index contributed by atoms with van der Waals surface area (Å²) in [4.78, 5) is 4.37. The van der Waals surface area contributed by atoms with Crippen LogP contribution in [0.25, 0.3) is 11.0 Å². The molecule has 2 rings (SSSR count). The van der Waals surface area contributed by atoms with Crippen LogP contribution in [0.1, 0.15) is 5.82 Å². The molecule has 0 aliphatic rings. The molecule has 1 aromatic carbocycles. The number of nitrogens with zero attached hydrogens (tertiary/aromatic N) is 3. The van der Waals surface area contributed by atoms with Gasteiger partial charge in [-0.1, -0.05) is 6.07 Å². The zero-order valence-electron chi connectivity index (χ0n) is 7.66. The number of rotatable bonds is 1. The third kappa shape index (κ3) is 1.30. The third-order valence-electron chi connectivity index (χ3n) is 2.17. The van der Waals surface area contributed by atoms with Gasteiger partial charge in [0.1, 0.15) is 5.82 Å². The number of para-hydroxylation sites is 1. The number of nitriles is 1. The first-order valence-corrected chi connectivity index (χ1v) is 5.00. The van der Waals surface area contributed by atoms with Crippen LogP contribution >= 0.6 is 15.9 Å². The first-order valence-electron chi connectivity index (χ1n) is 4.21. The molecule has 4 heteroatoms. The maximum absolute atomic E-state index is 8.62. The average Bonchev–Trinajstić information content (AvgIpc) is 2.46. The summed E-state index contributed by atoms with van der Waals surface area (Å²) in [6, 6.07) is 7.96. The van der Waals surface area contributed by atoms with Crippen molar-refractivity contribution in [3.05, 3.63) is 28.5 Å². The Morgan fingerprint density at radius 1 is 1.57 bits per heavy atom. The molecule has 0 N–H and O–H groups in total. The summed E-state index contributed by atoms with van der Waals surface area (Å²) in [5.41, 5.74) is 1.96. The molecule has 0 spiro atoms. The van der Waals surface area contributed by atoms with Crippen molar-refractivity contribution >= 4 is 27.0 Å². The molecule has 0 amide bonds. The number of hydrogen-bond acceptors (Lipinski definition) is 2. The summed E-state index contributed by atoms with van der Waals surface area (Å²) >= 11 is 3.47. The molecule has 14 heavy (non-hydrogen) atoms. The fourth-order valence-corrected chi connectivity index (χ4v) is 2.12. The molecule has 0 bridgehead atoms. The van der Waals surface area contributed by atoms with Gasteiger partial charge in [-0.25, -0.2) is 4.98 Å². The molecule has 1 aromatic heterocycles. The topological polar surface area (TPSA) is 41.6 Å². The second kappa shape index (κ2) is 3.43. The zero-order chi connectivity index (χ0) is 10.1. The predicted octanol–water partition coefficient (Wildman–Crippen LogP) is 2.40. The quantitative estimate of drug-likeness (QED) is 0.779. The fraction of sp³-hybridized carbons (Fsp3) is 0.200. The Bertz CT molecular complexity index is 522. The van der Waals surface area contributed by atoms with Gasteiger partial charge in [0.25, 0.3) is 0 Å². The van der Waals surface area contributed by atoms with Gasteiger partial charge in [0, 0.05) is 11.5 Å². The molecule has 1 heterocycles. The second-order valence-corrected chi connectivity index (χ2v) is 3.88. The van der Waals surface area contributed by atoms with Crippen LogP contribution in [0.2, 0.25) is 0 Å². The van der Waals surface area contributed by atoms with Crippen LogP contribution in [0.15, 0.2) is 22.7 Å². The summed E-state index contributed by atoms with van der Waals surface area (Å²) < 4.78 is 2.96. The first kappa shape index (κ1) is 9.22. The van der Waals surface area contributed by atoms with E-state index in [0.29, 0.717) is 6.42 Å². The number of hydrogen-bond donors (Lipinski definition) is 0. The summed E-state index contributed by atoms with van der Waals surface area (Å²) in [7, 11) is 1.92. The van der Waals surface area contributed by atoms with Crippen LogP contribution in [0.5, 0.6) is 0 Å². The molecule has 3 nitrogen and oxygen atoms in total. The van der Waals surface area contributed by atoms with Crippen LogP contribution in [0, 0.1) is 11.3 Å². The van der Waals surface area contributed by atoms with Gasteiger partial charge >= 0.3 is 0 Å². The van der Waals surface area contributed by atoms with Gasteiger partial charge in [-0.15, -0.1) is 0 Å². The number of aryl methyl sites for hydroxylation is 1. The van der Waals surface area contributed by atoms with Gasteiger partial charge in [-0.05, 0) is 28.1 Å². The molecular weight excluding hydrogens is 242 g/mol.